The molecule has 0 amide bonds. The van der Waals surface area contributed by atoms with Crippen LogP contribution in [-0.2, 0) is 20.9 Å². The van der Waals surface area contributed by atoms with Gasteiger partial charge in [-0.2, -0.15) is 0 Å². The number of hydrogen-bond acceptors (Lipinski definition) is 9. The Morgan fingerprint density at radius 1 is 1.17 bits per heavy atom. The first-order valence-electron chi connectivity index (χ1n) is 10.0. The summed E-state index contributed by atoms with van der Waals surface area (Å²) in [6.07, 6.45) is 2.87. The minimum Gasteiger partial charge on any atom is -0.379 e. The van der Waals surface area contributed by atoms with E-state index in [4.69, 9.17) is 24.3 Å². The van der Waals surface area contributed by atoms with Crippen LogP contribution < -0.4 is 5.48 Å². The molecule has 1 atom stereocenters. The van der Waals surface area contributed by atoms with Crippen molar-refractivity contribution in [1.29, 1.82) is 0 Å². The Balaban J connectivity index is 1.46. The third-order valence-electron chi connectivity index (χ3n) is 5.16. The molecule has 5 rings (SSSR count). The van der Waals surface area contributed by atoms with Crippen LogP contribution in [0.2, 0.25) is 0 Å². The van der Waals surface area contributed by atoms with Gasteiger partial charge >= 0.3 is 0 Å². The molecule has 3 aromatic heterocycles. The Bertz CT molecular complexity index is 935. The first kappa shape index (κ1) is 19.3. The van der Waals surface area contributed by atoms with E-state index in [1.165, 1.54) is 4.88 Å². The van der Waals surface area contributed by atoms with Gasteiger partial charge in [-0.25, -0.2) is 20.3 Å². The maximum Gasteiger partial charge on any atom is 0.183 e. The van der Waals surface area contributed by atoms with Crippen molar-refractivity contribution in [1.82, 2.24) is 14.9 Å². The second kappa shape index (κ2) is 9.03. The summed E-state index contributed by atoms with van der Waals surface area (Å²) in [7, 11) is 0. The van der Waals surface area contributed by atoms with Gasteiger partial charge in [-0.3, -0.25) is 4.90 Å². The Kier molecular flexibility index (Phi) is 6.03. The molecule has 0 bridgehead atoms. The smallest absolute Gasteiger partial charge is 0.183 e. The second-order valence-corrected chi connectivity index (χ2v) is 9.01. The van der Waals surface area contributed by atoms with Crippen LogP contribution in [-0.4, -0.2) is 54.1 Å². The fourth-order valence-corrected chi connectivity index (χ4v) is 5.41. The molecule has 1 N–H and O–H groups in total. The fourth-order valence-electron chi connectivity index (χ4n) is 3.63. The SMILES string of the molecule is c1csc(-c2csc3nc(CN4CCOCC4)nc(NO[C@@H]4CCCCO4)c23)c1. The number of anilines is 1. The summed E-state index contributed by atoms with van der Waals surface area (Å²) in [4.78, 5) is 20.1. The summed E-state index contributed by atoms with van der Waals surface area (Å²) >= 11 is 3.37. The number of morpholine rings is 1. The maximum atomic E-state index is 5.88. The Morgan fingerprint density at radius 3 is 2.90 bits per heavy atom. The molecule has 0 aliphatic carbocycles. The summed E-state index contributed by atoms with van der Waals surface area (Å²) in [6.45, 7) is 4.78. The molecule has 154 valence electrons. The van der Waals surface area contributed by atoms with Crippen molar-refractivity contribution < 1.29 is 14.3 Å². The molecule has 7 nitrogen and oxygen atoms in total. The lowest BCUT2D eigenvalue weighted by Gasteiger charge is -2.26. The summed E-state index contributed by atoms with van der Waals surface area (Å²) in [6, 6.07) is 4.19. The largest absolute Gasteiger partial charge is 0.379 e. The van der Waals surface area contributed by atoms with Crippen molar-refractivity contribution in [3.05, 3.63) is 28.7 Å². The standard InChI is InChI=1S/C20H24N4O3S2/c1-2-8-26-17(5-1)27-23-19-18-14(15-4-3-11-28-15)13-29-20(18)22-16(21-19)12-24-6-9-25-10-7-24/h3-4,11,13,17H,1-2,5-10,12H2,(H,21,22,23)/t17-/m1/s1. The monoisotopic (exact) mass is 432 g/mol. The van der Waals surface area contributed by atoms with Gasteiger partial charge in [-0.15, -0.1) is 22.7 Å². The van der Waals surface area contributed by atoms with Crippen molar-refractivity contribution in [2.24, 2.45) is 0 Å². The Labute approximate surface area is 177 Å². The molecular formula is C20H24N4O3S2. The first-order chi connectivity index (χ1) is 14.4. The van der Waals surface area contributed by atoms with E-state index in [0.717, 1.165) is 79.6 Å². The van der Waals surface area contributed by atoms with Gasteiger partial charge in [0, 0.05) is 41.9 Å². The van der Waals surface area contributed by atoms with Crippen molar-refractivity contribution in [3.8, 4) is 10.4 Å². The van der Waals surface area contributed by atoms with Gasteiger partial charge in [0.1, 0.15) is 10.7 Å². The number of aromatic nitrogens is 2. The molecule has 0 saturated carbocycles. The van der Waals surface area contributed by atoms with Crippen LogP contribution in [0.15, 0.2) is 22.9 Å². The van der Waals surface area contributed by atoms with E-state index in [1.54, 1.807) is 22.7 Å². The number of thiophene rings is 2. The molecule has 2 fully saturated rings. The van der Waals surface area contributed by atoms with Crippen LogP contribution in [0.5, 0.6) is 0 Å². The molecule has 29 heavy (non-hydrogen) atoms. The van der Waals surface area contributed by atoms with Gasteiger partial charge in [0.2, 0.25) is 0 Å². The van der Waals surface area contributed by atoms with Gasteiger partial charge in [-0.1, -0.05) is 6.07 Å². The van der Waals surface area contributed by atoms with Gasteiger partial charge in [0.05, 0.1) is 25.1 Å². The zero-order valence-corrected chi connectivity index (χ0v) is 17.8. The third kappa shape index (κ3) is 4.45. The highest BCUT2D eigenvalue weighted by Gasteiger charge is 2.20. The van der Waals surface area contributed by atoms with Crippen LogP contribution in [0.4, 0.5) is 5.82 Å². The zero-order chi connectivity index (χ0) is 19.5. The van der Waals surface area contributed by atoms with Crippen molar-refractivity contribution in [2.75, 3.05) is 38.4 Å². The quantitative estimate of drug-likeness (QED) is 0.588. The zero-order valence-electron chi connectivity index (χ0n) is 16.1. The minimum absolute atomic E-state index is 0.236. The molecule has 3 aromatic rings. The predicted octanol–water partition coefficient (Wildman–Crippen LogP) is 4.12. The number of rotatable bonds is 6. The normalized spacial score (nSPS) is 20.9. The number of nitrogens with one attached hydrogen (secondary N) is 1. The molecule has 2 aliphatic heterocycles. The van der Waals surface area contributed by atoms with Crippen molar-refractivity contribution in [2.45, 2.75) is 32.1 Å². The summed E-state index contributed by atoms with van der Waals surface area (Å²) in [5.74, 6) is 1.52. The lowest BCUT2D eigenvalue weighted by Crippen LogP contribution is -2.36. The average molecular weight is 433 g/mol. The fraction of sp³-hybridized carbons (Fsp3) is 0.500. The highest BCUT2D eigenvalue weighted by molar-refractivity contribution is 7.18. The van der Waals surface area contributed by atoms with Crippen LogP contribution in [0.25, 0.3) is 20.7 Å². The van der Waals surface area contributed by atoms with Crippen LogP contribution in [0.1, 0.15) is 25.1 Å². The average Bonchev–Trinajstić information content (AvgIpc) is 3.43. The number of nitrogens with zero attached hydrogens (tertiary/aromatic N) is 3. The van der Waals surface area contributed by atoms with Crippen LogP contribution in [0, 0.1) is 0 Å². The Morgan fingerprint density at radius 2 is 2.10 bits per heavy atom. The van der Waals surface area contributed by atoms with E-state index in [2.05, 4.69) is 33.3 Å². The van der Waals surface area contributed by atoms with E-state index < -0.39 is 0 Å². The molecular weight excluding hydrogens is 408 g/mol. The minimum atomic E-state index is -0.236. The summed E-state index contributed by atoms with van der Waals surface area (Å²) in [5.41, 5.74) is 4.26. The highest BCUT2D eigenvalue weighted by atomic mass is 32.1. The molecule has 2 aliphatic rings. The van der Waals surface area contributed by atoms with Crippen molar-refractivity contribution in [3.63, 3.8) is 0 Å². The lowest BCUT2D eigenvalue weighted by atomic mass is 10.2. The lowest BCUT2D eigenvalue weighted by molar-refractivity contribution is -0.145. The maximum absolute atomic E-state index is 5.88. The predicted molar refractivity (Wildman–Crippen MR) is 115 cm³/mol. The molecule has 0 unspecified atom stereocenters. The van der Waals surface area contributed by atoms with E-state index in [0.29, 0.717) is 6.54 Å². The second-order valence-electron chi connectivity index (χ2n) is 7.20. The number of hydrogen-bond donors (Lipinski definition) is 1. The van der Waals surface area contributed by atoms with Gasteiger partial charge in [0.15, 0.2) is 12.1 Å². The highest BCUT2D eigenvalue weighted by Crippen LogP contribution is 2.39. The summed E-state index contributed by atoms with van der Waals surface area (Å²) in [5, 5.41) is 5.26. The van der Waals surface area contributed by atoms with Crippen molar-refractivity contribution >= 4 is 38.7 Å². The van der Waals surface area contributed by atoms with Gasteiger partial charge in [0.25, 0.3) is 0 Å². The molecule has 0 spiro atoms. The van der Waals surface area contributed by atoms with Crippen LogP contribution in [0.3, 0.4) is 0 Å². The third-order valence-corrected chi connectivity index (χ3v) is 6.94. The van der Waals surface area contributed by atoms with Gasteiger partial charge < -0.3 is 9.47 Å². The molecule has 0 aromatic carbocycles. The Hall–Kier alpha value is -1.62. The van der Waals surface area contributed by atoms with Crippen LogP contribution >= 0.6 is 22.7 Å². The first-order valence-corrected chi connectivity index (χ1v) is 11.8. The molecule has 9 heteroatoms. The topological polar surface area (TPSA) is 68.7 Å². The molecule has 0 radical (unpaired) electrons. The van der Waals surface area contributed by atoms with E-state index in [1.807, 2.05) is 0 Å². The van der Waals surface area contributed by atoms with E-state index in [9.17, 15) is 0 Å². The number of fused-ring (bicyclic) bond motifs is 1. The van der Waals surface area contributed by atoms with Gasteiger partial charge in [-0.05, 0) is 24.3 Å². The van der Waals surface area contributed by atoms with E-state index in [-0.39, 0.29) is 6.29 Å². The van der Waals surface area contributed by atoms with E-state index >= 15 is 0 Å². The number of ether oxygens (including phenoxy) is 2. The molecule has 5 heterocycles. The molecule has 2 saturated heterocycles. The summed E-state index contributed by atoms with van der Waals surface area (Å²) < 4.78 is 11.2.